The lowest BCUT2D eigenvalue weighted by molar-refractivity contribution is -0.172. The fraction of sp³-hybridized carbons (Fsp3) is 0.758. The molecule has 1 aromatic rings. The Kier molecular flexibility index (Phi) is 6.06. The van der Waals surface area contributed by atoms with Crippen molar-refractivity contribution in [2.24, 2.45) is 44.8 Å². The van der Waals surface area contributed by atoms with E-state index in [-0.39, 0.29) is 64.0 Å². The number of hydrogen-bond acceptors (Lipinski definition) is 5. The second-order valence-electron chi connectivity index (χ2n) is 15.0. The number of fused-ring (bicyclic) bond motifs is 2. The molecule has 214 valence electrons. The molecule has 5 aliphatic carbocycles. The van der Waals surface area contributed by atoms with Crippen molar-refractivity contribution in [2.75, 3.05) is 20.7 Å². The van der Waals surface area contributed by atoms with E-state index in [0.717, 1.165) is 38.5 Å². The Bertz CT molecular complexity index is 1170. The molecule has 6 heteroatoms. The SMILES string of the molecule is C[C@@H]([C@H]1[C@H](O)C[C@@]2(C)[C@@H]3CC[C@H]4[C@](C)(CO)[C@@H](NC(=O)c5ccccc5)CC[C@@]45CC35C(=O)C[C@]12C)N(C)C. The predicted molar refractivity (Wildman–Crippen MR) is 151 cm³/mol. The molecule has 1 aromatic carbocycles. The van der Waals surface area contributed by atoms with Gasteiger partial charge in [-0.3, -0.25) is 9.59 Å². The van der Waals surface area contributed by atoms with E-state index >= 15 is 0 Å². The maximum atomic E-state index is 14.5. The first kappa shape index (κ1) is 27.4. The number of rotatable bonds is 5. The van der Waals surface area contributed by atoms with Crippen molar-refractivity contribution in [3.8, 4) is 0 Å². The standard InChI is InChI=1S/C33H48N2O4/c1-20(35(5)6)27-22(37)16-30(3)24-13-12-23-29(2,19-36)25(34-28(39)21-10-8-7-9-11-21)14-15-32(23)18-33(24,32)26(38)17-31(27,30)4/h7-11,20,22-25,27,36-37H,12-19H2,1-6H3,(H,34,39)/t20-,22+,23-,24-,25-,27-,29-,30-,31+,32+,33?/m0/s1. The molecule has 11 atom stereocenters. The van der Waals surface area contributed by atoms with Crippen LogP contribution in [0.1, 0.15) is 83.0 Å². The number of amides is 1. The van der Waals surface area contributed by atoms with E-state index in [9.17, 15) is 19.8 Å². The van der Waals surface area contributed by atoms with E-state index in [2.05, 4.69) is 52.0 Å². The molecule has 2 spiro atoms. The average Bonchev–Trinajstić information content (AvgIpc) is 3.54. The second-order valence-corrected chi connectivity index (χ2v) is 15.0. The molecule has 0 bridgehead atoms. The number of carbonyl (C=O) groups excluding carboxylic acids is 2. The summed E-state index contributed by atoms with van der Waals surface area (Å²) in [6, 6.07) is 9.38. The summed E-state index contributed by atoms with van der Waals surface area (Å²) in [4.78, 5) is 29.8. The Morgan fingerprint density at radius 1 is 1.08 bits per heavy atom. The number of aliphatic hydroxyl groups excluding tert-OH is 2. The van der Waals surface area contributed by atoms with E-state index in [4.69, 9.17) is 0 Å². The van der Waals surface area contributed by atoms with E-state index in [0.29, 0.717) is 17.8 Å². The van der Waals surface area contributed by atoms with Gasteiger partial charge in [0.05, 0.1) is 12.7 Å². The molecule has 0 aliphatic heterocycles. The van der Waals surface area contributed by atoms with Crippen LogP contribution in [0.4, 0.5) is 0 Å². The molecule has 5 aliphatic rings. The van der Waals surface area contributed by atoms with Crippen LogP contribution in [0.2, 0.25) is 0 Å². The zero-order valence-electron chi connectivity index (χ0n) is 24.7. The fourth-order valence-corrected chi connectivity index (χ4v) is 11.5. The Morgan fingerprint density at radius 3 is 2.38 bits per heavy atom. The maximum Gasteiger partial charge on any atom is 0.251 e. The highest BCUT2D eigenvalue weighted by Gasteiger charge is 2.86. The van der Waals surface area contributed by atoms with Crippen LogP contribution in [-0.4, -0.2) is 65.7 Å². The topological polar surface area (TPSA) is 89.9 Å². The lowest BCUT2D eigenvalue weighted by Crippen LogP contribution is -2.64. The number of hydrogen-bond donors (Lipinski definition) is 3. The minimum Gasteiger partial charge on any atom is -0.396 e. The Labute approximate surface area is 233 Å². The van der Waals surface area contributed by atoms with Crippen molar-refractivity contribution in [3.05, 3.63) is 35.9 Å². The van der Waals surface area contributed by atoms with Crippen molar-refractivity contribution in [1.29, 1.82) is 0 Å². The summed E-state index contributed by atoms with van der Waals surface area (Å²) in [5, 5.41) is 25.7. The van der Waals surface area contributed by atoms with Gasteiger partial charge in [-0.25, -0.2) is 0 Å². The minimum atomic E-state index is -0.476. The number of Topliss-reactive ketones (excluding diaryl/α,β-unsaturated/α-hetero) is 1. The van der Waals surface area contributed by atoms with Crippen molar-refractivity contribution >= 4 is 11.7 Å². The number of carbonyl (C=O) groups is 2. The summed E-state index contributed by atoms with van der Waals surface area (Å²) in [6.07, 6.45) is 5.43. The normalized spacial score (nSPS) is 48.9. The molecule has 0 saturated heterocycles. The quantitative estimate of drug-likeness (QED) is 0.522. The van der Waals surface area contributed by atoms with Gasteiger partial charge in [-0.2, -0.15) is 0 Å². The van der Waals surface area contributed by atoms with Gasteiger partial charge in [-0.1, -0.05) is 39.0 Å². The molecule has 0 radical (unpaired) electrons. The first-order valence-corrected chi connectivity index (χ1v) is 15.2. The minimum absolute atomic E-state index is 0.00418. The van der Waals surface area contributed by atoms with Crippen LogP contribution in [0.5, 0.6) is 0 Å². The average molecular weight is 537 g/mol. The van der Waals surface area contributed by atoms with E-state index in [1.165, 1.54) is 0 Å². The van der Waals surface area contributed by atoms with Gasteiger partial charge in [-0.15, -0.1) is 0 Å². The van der Waals surface area contributed by atoms with Crippen molar-refractivity contribution in [2.45, 2.75) is 90.8 Å². The number of nitrogens with zero attached hydrogens (tertiary/aromatic N) is 1. The van der Waals surface area contributed by atoms with Gasteiger partial charge >= 0.3 is 0 Å². The summed E-state index contributed by atoms with van der Waals surface area (Å²) in [5.41, 5.74) is -0.612. The molecule has 3 N–H and O–H groups in total. The fourth-order valence-electron chi connectivity index (χ4n) is 11.5. The summed E-state index contributed by atoms with van der Waals surface area (Å²) in [5.74, 6) is 0.848. The predicted octanol–water partition coefficient (Wildman–Crippen LogP) is 4.30. The third-order valence-electron chi connectivity index (χ3n) is 13.7. The Hall–Kier alpha value is -1.76. The molecule has 6 nitrogen and oxygen atoms in total. The van der Waals surface area contributed by atoms with Gasteiger partial charge < -0.3 is 20.4 Å². The van der Waals surface area contributed by atoms with E-state index in [1.807, 2.05) is 30.3 Å². The molecular weight excluding hydrogens is 488 g/mol. The van der Waals surface area contributed by atoms with Crippen molar-refractivity contribution in [1.82, 2.24) is 10.2 Å². The van der Waals surface area contributed by atoms with Crippen molar-refractivity contribution in [3.63, 3.8) is 0 Å². The number of aliphatic hydroxyl groups is 2. The molecule has 39 heavy (non-hydrogen) atoms. The molecule has 1 unspecified atom stereocenters. The third kappa shape index (κ3) is 3.26. The first-order valence-electron chi connectivity index (χ1n) is 15.2. The number of ketones is 1. The smallest absolute Gasteiger partial charge is 0.251 e. The summed E-state index contributed by atoms with van der Waals surface area (Å²) in [7, 11) is 4.16. The number of nitrogens with one attached hydrogen (secondary N) is 1. The van der Waals surface area contributed by atoms with Crippen LogP contribution in [0.15, 0.2) is 30.3 Å². The molecule has 6 rings (SSSR count). The second kappa shape index (κ2) is 8.62. The zero-order valence-corrected chi connectivity index (χ0v) is 24.7. The van der Waals surface area contributed by atoms with Gasteiger partial charge in [0, 0.05) is 40.8 Å². The van der Waals surface area contributed by atoms with E-state index in [1.54, 1.807) is 0 Å². The third-order valence-corrected chi connectivity index (χ3v) is 13.7. The molecule has 5 fully saturated rings. The zero-order chi connectivity index (χ0) is 28.2. The summed E-state index contributed by atoms with van der Waals surface area (Å²) >= 11 is 0. The van der Waals surface area contributed by atoms with E-state index < -0.39 is 11.5 Å². The van der Waals surface area contributed by atoms with Crippen molar-refractivity contribution < 1.29 is 19.8 Å². The van der Waals surface area contributed by atoms with Crippen LogP contribution in [-0.2, 0) is 4.79 Å². The van der Waals surface area contributed by atoms with Crippen LogP contribution in [0, 0.1) is 44.8 Å². The molecule has 1 amide bonds. The van der Waals surface area contributed by atoms with Crippen LogP contribution in [0.25, 0.3) is 0 Å². The Balaban J connectivity index is 1.33. The lowest BCUT2D eigenvalue weighted by Gasteiger charge is -2.63. The molecule has 0 heterocycles. The highest BCUT2D eigenvalue weighted by Crippen LogP contribution is 2.87. The lowest BCUT2D eigenvalue weighted by atomic mass is 9.41. The van der Waals surface area contributed by atoms with Crippen LogP contribution >= 0.6 is 0 Å². The largest absolute Gasteiger partial charge is 0.396 e. The monoisotopic (exact) mass is 536 g/mol. The summed E-state index contributed by atoms with van der Waals surface area (Å²) in [6.45, 7) is 9.04. The highest BCUT2D eigenvalue weighted by molar-refractivity contribution is 5.94. The molecule has 0 aromatic heterocycles. The first-order chi connectivity index (χ1) is 18.3. The summed E-state index contributed by atoms with van der Waals surface area (Å²) < 4.78 is 0. The molecule has 5 saturated carbocycles. The van der Waals surface area contributed by atoms with Gasteiger partial charge in [0.2, 0.25) is 0 Å². The van der Waals surface area contributed by atoms with Crippen LogP contribution in [0.3, 0.4) is 0 Å². The van der Waals surface area contributed by atoms with Crippen LogP contribution < -0.4 is 5.32 Å². The highest BCUT2D eigenvalue weighted by atomic mass is 16.3. The van der Waals surface area contributed by atoms with Gasteiger partial charge in [0.25, 0.3) is 5.91 Å². The number of benzene rings is 1. The maximum absolute atomic E-state index is 14.5. The van der Waals surface area contributed by atoms with Gasteiger partial charge in [-0.05, 0) is 99.8 Å². The van der Waals surface area contributed by atoms with Gasteiger partial charge in [0.1, 0.15) is 5.78 Å². The van der Waals surface area contributed by atoms with Gasteiger partial charge in [0.15, 0.2) is 0 Å². The molecular formula is C33H48N2O4. The Morgan fingerprint density at radius 2 is 1.74 bits per heavy atom.